The van der Waals surface area contributed by atoms with Crippen molar-refractivity contribution in [3.05, 3.63) is 59.2 Å². The smallest absolute Gasteiger partial charge is 0.255 e. The standard InChI is InChI=1S/C22H25NO3/c24-22(23-21-9-3-6-16-5-1-2-8-20(16)21)17-10-12-18(13-11-17)26-15-19-7-4-14-25-19/h3,6,9-13,19H,1-2,4-5,7-8,14-15H2,(H,23,24). The van der Waals surface area contributed by atoms with E-state index in [2.05, 4.69) is 11.4 Å². The minimum absolute atomic E-state index is 0.0744. The fourth-order valence-corrected chi connectivity index (χ4v) is 3.76. The number of ether oxygens (including phenoxy) is 2. The molecule has 1 aliphatic carbocycles. The third kappa shape index (κ3) is 3.91. The van der Waals surface area contributed by atoms with Crippen molar-refractivity contribution < 1.29 is 14.3 Å². The molecule has 0 bridgehead atoms. The van der Waals surface area contributed by atoms with Crippen molar-refractivity contribution in [1.82, 2.24) is 0 Å². The number of benzene rings is 2. The van der Waals surface area contributed by atoms with E-state index in [0.29, 0.717) is 12.2 Å². The molecule has 1 aliphatic heterocycles. The van der Waals surface area contributed by atoms with Crippen LogP contribution in [0.1, 0.15) is 47.2 Å². The van der Waals surface area contributed by atoms with E-state index in [0.717, 1.165) is 43.7 Å². The molecule has 2 aliphatic rings. The average molecular weight is 351 g/mol. The van der Waals surface area contributed by atoms with E-state index in [1.807, 2.05) is 36.4 Å². The number of carbonyl (C=O) groups is 1. The van der Waals surface area contributed by atoms with Crippen LogP contribution in [0.4, 0.5) is 5.69 Å². The van der Waals surface area contributed by atoms with Gasteiger partial charge in [0.15, 0.2) is 0 Å². The number of rotatable bonds is 5. The van der Waals surface area contributed by atoms with Gasteiger partial charge in [-0.15, -0.1) is 0 Å². The Morgan fingerprint density at radius 1 is 1.08 bits per heavy atom. The molecule has 1 atom stereocenters. The molecule has 1 fully saturated rings. The molecule has 0 spiro atoms. The third-order valence-corrected chi connectivity index (χ3v) is 5.22. The van der Waals surface area contributed by atoms with Gasteiger partial charge in [-0.1, -0.05) is 12.1 Å². The minimum Gasteiger partial charge on any atom is -0.491 e. The number of anilines is 1. The fraction of sp³-hybridized carbons (Fsp3) is 0.409. The van der Waals surface area contributed by atoms with Crippen LogP contribution in [0.3, 0.4) is 0 Å². The van der Waals surface area contributed by atoms with Gasteiger partial charge < -0.3 is 14.8 Å². The van der Waals surface area contributed by atoms with Crippen molar-refractivity contribution in [3.8, 4) is 5.75 Å². The number of carbonyl (C=O) groups excluding carboxylic acids is 1. The molecule has 136 valence electrons. The maximum Gasteiger partial charge on any atom is 0.255 e. The van der Waals surface area contributed by atoms with Crippen molar-refractivity contribution in [3.63, 3.8) is 0 Å². The van der Waals surface area contributed by atoms with E-state index in [9.17, 15) is 4.79 Å². The topological polar surface area (TPSA) is 47.6 Å². The summed E-state index contributed by atoms with van der Waals surface area (Å²) in [6.07, 6.45) is 6.94. The van der Waals surface area contributed by atoms with Gasteiger partial charge >= 0.3 is 0 Å². The first-order valence-corrected chi connectivity index (χ1v) is 9.56. The summed E-state index contributed by atoms with van der Waals surface area (Å²) in [5.74, 6) is 0.698. The SMILES string of the molecule is O=C(Nc1cccc2c1CCCC2)c1ccc(OCC2CCCO2)cc1. The van der Waals surface area contributed by atoms with Gasteiger partial charge in [-0.3, -0.25) is 4.79 Å². The lowest BCUT2D eigenvalue weighted by Crippen LogP contribution is -2.17. The van der Waals surface area contributed by atoms with Gasteiger partial charge in [0.05, 0.1) is 6.10 Å². The normalized spacial score (nSPS) is 19.0. The summed E-state index contributed by atoms with van der Waals surface area (Å²) >= 11 is 0. The lowest BCUT2D eigenvalue weighted by atomic mass is 9.90. The lowest BCUT2D eigenvalue weighted by Gasteiger charge is -2.19. The molecular weight excluding hydrogens is 326 g/mol. The largest absolute Gasteiger partial charge is 0.491 e. The van der Waals surface area contributed by atoms with Crippen LogP contribution in [-0.4, -0.2) is 25.2 Å². The summed E-state index contributed by atoms with van der Waals surface area (Å²) in [6.45, 7) is 1.40. The second-order valence-electron chi connectivity index (χ2n) is 7.07. The zero-order valence-electron chi connectivity index (χ0n) is 15.0. The fourth-order valence-electron chi connectivity index (χ4n) is 3.76. The van der Waals surface area contributed by atoms with E-state index >= 15 is 0 Å². The molecular formula is C22H25NO3. The molecule has 1 amide bonds. The predicted octanol–water partition coefficient (Wildman–Crippen LogP) is 4.38. The summed E-state index contributed by atoms with van der Waals surface area (Å²) in [6, 6.07) is 13.5. The van der Waals surface area contributed by atoms with Crippen molar-refractivity contribution >= 4 is 11.6 Å². The molecule has 1 N–H and O–H groups in total. The summed E-state index contributed by atoms with van der Waals surface area (Å²) in [5, 5.41) is 3.08. The Morgan fingerprint density at radius 2 is 1.92 bits per heavy atom. The first kappa shape index (κ1) is 17.1. The van der Waals surface area contributed by atoms with Crippen LogP contribution in [0.25, 0.3) is 0 Å². The highest BCUT2D eigenvalue weighted by Gasteiger charge is 2.17. The van der Waals surface area contributed by atoms with Crippen LogP contribution in [0, 0.1) is 0 Å². The van der Waals surface area contributed by atoms with Crippen molar-refractivity contribution in [1.29, 1.82) is 0 Å². The van der Waals surface area contributed by atoms with Gasteiger partial charge in [0.2, 0.25) is 0 Å². The van der Waals surface area contributed by atoms with Crippen molar-refractivity contribution in [2.75, 3.05) is 18.5 Å². The molecule has 4 rings (SSSR count). The van der Waals surface area contributed by atoms with Gasteiger partial charge in [0, 0.05) is 17.9 Å². The lowest BCUT2D eigenvalue weighted by molar-refractivity contribution is 0.0679. The van der Waals surface area contributed by atoms with Gasteiger partial charge in [-0.2, -0.15) is 0 Å². The molecule has 1 saturated heterocycles. The van der Waals surface area contributed by atoms with Crippen molar-refractivity contribution in [2.45, 2.75) is 44.6 Å². The quantitative estimate of drug-likeness (QED) is 0.870. The van der Waals surface area contributed by atoms with Crippen LogP contribution in [0.2, 0.25) is 0 Å². The Bertz CT molecular complexity index is 763. The van der Waals surface area contributed by atoms with Gasteiger partial charge in [-0.05, 0) is 80.0 Å². The maximum atomic E-state index is 12.6. The second kappa shape index (κ2) is 7.92. The molecule has 26 heavy (non-hydrogen) atoms. The van der Waals surface area contributed by atoms with Crippen LogP contribution in [0.15, 0.2) is 42.5 Å². The number of amides is 1. The molecule has 1 unspecified atom stereocenters. The zero-order valence-corrected chi connectivity index (χ0v) is 15.0. The summed E-state index contributed by atoms with van der Waals surface area (Å²) in [7, 11) is 0. The number of hydrogen-bond acceptors (Lipinski definition) is 3. The minimum atomic E-state index is -0.0744. The monoisotopic (exact) mass is 351 g/mol. The van der Waals surface area contributed by atoms with Crippen molar-refractivity contribution in [2.24, 2.45) is 0 Å². The molecule has 4 nitrogen and oxygen atoms in total. The van der Waals surface area contributed by atoms with Crippen LogP contribution >= 0.6 is 0 Å². The molecule has 4 heteroatoms. The molecule has 2 aromatic rings. The van der Waals surface area contributed by atoms with Gasteiger partial charge in [0.1, 0.15) is 12.4 Å². The molecule has 0 radical (unpaired) electrons. The number of aryl methyl sites for hydroxylation is 1. The third-order valence-electron chi connectivity index (χ3n) is 5.22. The molecule has 1 heterocycles. The first-order valence-electron chi connectivity index (χ1n) is 9.56. The van der Waals surface area contributed by atoms with E-state index in [1.165, 1.54) is 24.0 Å². The number of hydrogen-bond donors (Lipinski definition) is 1. The average Bonchev–Trinajstić information content (AvgIpc) is 3.21. The summed E-state index contributed by atoms with van der Waals surface area (Å²) < 4.78 is 11.3. The Balaban J connectivity index is 1.39. The second-order valence-corrected chi connectivity index (χ2v) is 7.07. The maximum absolute atomic E-state index is 12.6. The highest BCUT2D eigenvalue weighted by Crippen LogP contribution is 2.28. The number of fused-ring (bicyclic) bond motifs is 1. The molecule has 0 aromatic heterocycles. The Hall–Kier alpha value is -2.33. The van der Waals surface area contributed by atoms with Crippen LogP contribution < -0.4 is 10.1 Å². The van der Waals surface area contributed by atoms with Crippen LogP contribution in [0.5, 0.6) is 5.75 Å². The highest BCUT2D eigenvalue weighted by molar-refractivity contribution is 6.04. The van der Waals surface area contributed by atoms with Gasteiger partial charge in [-0.25, -0.2) is 0 Å². The van der Waals surface area contributed by atoms with E-state index in [1.54, 1.807) is 0 Å². The van der Waals surface area contributed by atoms with E-state index in [4.69, 9.17) is 9.47 Å². The predicted molar refractivity (Wildman–Crippen MR) is 102 cm³/mol. The highest BCUT2D eigenvalue weighted by atomic mass is 16.5. The van der Waals surface area contributed by atoms with Crippen LogP contribution in [-0.2, 0) is 17.6 Å². The molecule has 0 saturated carbocycles. The van der Waals surface area contributed by atoms with E-state index in [-0.39, 0.29) is 12.0 Å². The van der Waals surface area contributed by atoms with E-state index < -0.39 is 0 Å². The summed E-state index contributed by atoms with van der Waals surface area (Å²) in [5.41, 5.74) is 4.25. The zero-order chi connectivity index (χ0) is 17.8. The Morgan fingerprint density at radius 3 is 2.73 bits per heavy atom. The summed E-state index contributed by atoms with van der Waals surface area (Å²) in [4.78, 5) is 12.6. The van der Waals surface area contributed by atoms with Gasteiger partial charge in [0.25, 0.3) is 5.91 Å². The molecule has 2 aromatic carbocycles. The Kier molecular flexibility index (Phi) is 5.21. The Labute approximate surface area is 154 Å². The first-order chi connectivity index (χ1) is 12.8. The number of nitrogens with one attached hydrogen (secondary N) is 1.